The third-order valence-corrected chi connectivity index (χ3v) is 2.27. The Morgan fingerprint density at radius 1 is 1.81 bits per heavy atom. The van der Waals surface area contributed by atoms with Gasteiger partial charge in [0, 0.05) is 0 Å². The molecule has 0 spiro atoms. The smallest absolute Gasteiger partial charge is 0.255 e. The maximum Gasteiger partial charge on any atom is 0.255 e. The number of nitrogens with zero attached hydrogens (tertiary/aromatic N) is 1. The molecule has 0 fully saturated rings. The highest BCUT2D eigenvalue weighted by atomic mass is 35.5. The Hall–Kier alpha value is -1.60. The summed E-state index contributed by atoms with van der Waals surface area (Å²) in [6, 6.07) is 0.625. The summed E-state index contributed by atoms with van der Waals surface area (Å²) >= 11 is 5.67. The zero-order valence-corrected chi connectivity index (χ0v) is 9.38. The lowest BCUT2D eigenvalue weighted by molar-refractivity contribution is 0.0944. The average Bonchev–Trinajstić information content (AvgIpc) is 2.28. The van der Waals surface area contributed by atoms with E-state index < -0.39 is 17.8 Å². The van der Waals surface area contributed by atoms with E-state index in [1.165, 1.54) is 0 Å². The van der Waals surface area contributed by atoms with Crippen molar-refractivity contribution < 1.29 is 9.18 Å². The van der Waals surface area contributed by atoms with Crippen LogP contribution in [0.4, 0.5) is 4.39 Å². The Morgan fingerprint density at radius 3 is 3.06 bits per heavy atom. The van der Waals surface area contributed by atoms with Gasteiger partial charge in [-0.05, 0) is 12.5 Å². The predicted octanol–water partition coefficient (Wildman–Crippen LogP) is 2.02. The van der Waals surface area contributed by atoms with Crippen molar-refractivity contribution in [2.24, 2.45) is 0 Å². The minimum Gasteiger partial charge on any atom is -0.338 e. The third kappa shape index (κ3) is 2.94. The van der Waals surface area contributed by atoms with E-state index in [9.17, 15) is 9.18 Å². The monoisotopic (exact) mass is 240 g/mol. The van der Waals surface area contributed by atoms with Crippen LogP contribution in [-0.2, 0) is 0 Å². The van der Waals surface area contributed by atoms with Crippen LogP contribution in [-0.4, -0.2) is 16.9 Å². The molecule has 0 aliphatic rings. The molecule has 1 heterocycles. The highest BCUT2D eigenvalue weighted by Gasteiger charge is 2.15. The van der Waals surface area contributed by atoms with Crippen LogP contribution in [0.3, 0.4) is 0 Å². The molecule has 1 amide bonds. The van der Waals surface area contributed by atoms with Gasteiger partial charge >= 0.3 is 0 Å². The molecule has 0 radical (unpaired) electrons. The molecule has 0 aliphatic heterocycles. The van der Waals surface area contributed by atoms with Crippen LogP contribution in [0, 0.1) is 18.2 Å². The van der Waals surface area contributed by atoms with Gasteiger partial charge in [0.25, 0.3) is 5.91 Å². The molecule has 1 unspecified atom stereocenters. The Bertz CT molecular complexity index is 442. The molecule has 1 atom stereocenters. The van der Waals surface area contributed by atoms with Crippen LogP contribution in [0.2, 0.25) is 5.15 Å². The van der Waals surface area contributed by atoms with Gasteiger partial charge < -0.3 is 5.32 Å². The maximum atomic E-state index is 12.9. The van der Waals surface area contributed by atoms with E-state index in [4.69, 9.17) is 18.0 Å². The lowest BCUT2D eigenvalue weighted by Crippen LogP contribution is -2.33. The summed E-state index contributed by atoms with van der Waals surface area (Å²) in [6.45, 7) is 1.83. The van der Waals surface area contributed by atoms with Crippen molar-refractivity contribution in [1.82, 2.24) is 10.3 Å². The van der Waals surface area contributed by atoms with Gasteiger partial charge in [-0.25, -0.2) is 9.37 Å². The van der Waals surface area contributed by atoms with Crippen molar-refractivity contribution in [3.8, 4) is 12.3 Å². The first-order chi connectivity index (χ1) is 7.58. The average molecular weight is 241 g/mol. The summed E-state index contributed by atoms with van der Waals surface area (Å²) in [4.78, 5) is 15.2. The SMILES string of the molecule is C#CC(CC)NC(=O)c1cc(F)cnc1Cl. The number of halogens is 2. The highest BCUT2D eigenvalue weighted by molar-refractivity contribution is 6.32. The fourth-order valence-electron chi connectivity index (χ4n) is 1.08. The summed E-state index contributed by atoms with van der Waals surface area (Å²) < 4.78 is 12.9. The number of aromatic nitrogens is 1. The molecule has 0 bridgehead atoms. The second-order valence-electron chi connectivity index (χ2n) is 3.09. The van der Waals surface area contributed by atoms with Crippen LogP contribution < -0.4 is 5.32 Å². The predicted molar refractivity (Wildman–Crippen MR) is 59.6 cm³/mol. The molecule has 3 nitrogen and oxygen atoms in total. The van der Waals surface area contributed by atoms with E-state index in [1.54, 1.807) is 0 Å². The van der Waals surface area contributed by atoms with E-state index >= 15 is 0 Å². The normalized spacial score (nSPS) is 11.6. The number of rotatable bonds is 3. The molecular weight excluding hydrogens is 231 g/mol. The number of hydrogen-bond acceptors (Lipinski definition) is 2. The van der Waals surface area contributed by atoms with Gasteiger partial charge in [-0.15, -0.1) is 6.42 Å². The topological polar surface area (TPSA) is 42.0 Å². The van der Waals surface area contributed by atoms with Crippen LogP contribution in [0.1, 0.15) is 23.7 Å². The first-order valence-corrected chi connectivity index (χ1v) is 5.04. The lowest BCUT2D eigenvalue weighted by atomic mass is 10.2. The summed E-state index contributed by atoms with van der Waals surface area (Å²) in [5.74, 6) is 1.25. The zero-order chi connectivity index (χ0) is 12.1. The van der Waals surface area contributed by atoms with Crippen molar-refractivity contribution in [2.45, 2.75) is 19.4 Å². The van der Waals surface area contributed by atoms with Crippen molar-refractivity contribution in [2.75, 3.05) is 0 Å². The minimum atomic E-state index is -0.622. The Labute approximate surface area is 98.0 Å². The first-order valence-electron chi connectivity index (χ1n) is 4.66. The van der Waals surface area contributed by atoms with Crippen molar-refractivity contribution >= 4 is 17.5 Å². The van der Waals surface area contributed by atoms with Gasteiger partial charge in [-0.1, -0.05) is 24.4 Å². The molecule has 0 saturated heterocycles. The molecule has 0 saturated carbocycles. The third-order valence-electron chi connectivity index (χ3n) is 1.97. The summed E-state index contributed by atoms with van der Waals surface area (Å²) in [5, 5.41) is 2.48. The Morgan fingerprint density at radius 2 is 2.50 bits per heavy atom. The van der Waals surface area contributed by atoms with Gasteiger partial charge in [-0.3, -0.25) is 4.79 Å². The number of carbonyl (C=O) groups excluding carboxylic acids is 1. The first kappa shape index (κ1) is 12.5. The van der Waals surface area contributed by atoms with Crippen molar-refractivity contribution in [3.05, 3.63) is 28.8 Å². The number of carbonyl (C=O) groups is 1. The van der Waals surface area contributed by atoms with E-state index in [-0.39, 0.29) is 10.7 Å². The van der Waals surface area contributed by atoms with Crippen LogP contribution in [0.15, 0.2) is 12.3 Å². The summed E-state index contributed by atoms with van der Waals surface area (Å²) in [7, 11) is 0. The van der Waals surface area contributed by atoms with E-state index in [0.29, 0.717) is 6.42 Å². The fraction of sp³-hybridized carbons (Fsp3) is 0.273. The summed E-state index contributed by atoms with van der Waals surface area (Å²) in [5.41, 5.74) is -0.0182. The molecule has 1 aromatic rings. The van der Waals surface area contributed by atoms with Crippen LogP contribution in [0.5, 0.6) is 0 Å². The molecule has 0 aromatic carbocycles. The van der Waals surface area contributed by atoms with Gasteiger partial charge in [-0.2, -0.15) is 0 Å². The quantitative estimate of drug-likeness (QED) is 0.649. The molecule has 84 valence electrons. The summed E-state index contributed by atoms with van der Waals surface area (Å²) in [6.07, 6.45) is 6.72. The van der Waals surface area contributed by atoms with Crippen molar-refractivity contribution in [1.29, 1.82) is 0 Å². The second-order valence-corrected chi connectivity index (χ2v) is 3.45. The second kappa shape index (κ2) is 5.47. The molecule has 5 heteroatoms. The Kier molecular flexibility index (Phi) is 4.27. The van der Waals surface area contributed by atoms with Gasteiger partial charge in [0.1, 0.15) is 11.0 Å². The molecule has 1 aromatic heterocycles. The number of nitrogens with one attached hydrogen (secondary N) is 1. The van der Waals surface area contributed by atoms with Crippen LogP contribution >= 0.6 is 11.6 Å². The fourth-order valence-corrected chi connectivity index (χ4v) is 1.27. The van der Waals surface area contributed by atoms with Gasteiger partial charge in [0.05, 0.1) is 17.8 Å². The minimum absolute atomic E-state index is 0.0182. The van der Waals surface area contributed by atoms with E-state index in [1.807, 2.05) is 6.92 Å². The number of amides is 1. The molecule has 16 heavy (non-hydrogen) atoms. The lowest BCUT2D eigenvalue weighted by Gasteiger charge is -2.11. The molecular formula is C11H10ClFN2O. The maximum absolute atomic E-state index is 12.9. The standard InChI is InChI=1S/C11H10ClFN2O/c1-3-8(4-2)15-11(16)9-5-7(13)6-14-10(9)12/h1,5-6,8H,4H2,2H3,(H,15,16). The van der Waals surface area contributed by atoms with Crippen LogP contribution in [0.25, 0.3) is 0 Å². The number of hydrogen-bond donors (Lipinski definition) is 1. The Balaban J connectivity index is 2.89. The zero-order valence-electron chi connectivity index (χ0n) is 8.63. The molecule has 0 aliphatic carbocycles. The largest absolute Gasteiger partial charge is 0.338 e. The van der Waals surface area contributed by atoms with Gasteiger partial charge in [0.15, 0.2) is 0 Å². The van der Waals surface area contributed by atoms with Gasteiger partial charge in [0.2, 0.25) is 0 Å². The molecule has 1 rings (SSSR count). The van der Waals surface area contributed by atoms with E-state index in [0.717, 1.165) is 12.3 Å². The number of pyridine rings is 1. The highest BCUT2D eigenvalue weighted by Crippen LogP contribution is 2.13. The molecule has 1 N–H and O–H groups in total. The number of terminal acetylenes is 1. The van der Waals surface area contributed by atoms with E-state index in [2.05, 4.69) is 16.2 Å². The van der Waals surface area contributed by atoms with Crippen molar-refractivity contribution in [3.63, 3.8) is 0 Å².